The van der Waals surface area contributed by atoms with Crippen LogP contribution in [0.3, 0.4) is 0 Å². The zero-order valence-electron chi connectivity index (χ0n) is 18.9. The van der Waals surface area contributed by atoms with Crippen molar-refractivity contribution < 1.29 is 4.79 Å². The molecule has 0 saturated carbocycles. The van der Waals surface area contributed by atoms with Crippen molar-refractivity contribution >= 4 is 29.0 Å². The summed E-state index contributed by atoms with van der Waals surface area (Å²) in [6.45, 7) is 8.64. The van der Waals surface area contributed by atoms with Crippen LogP contribution in [0.1, 0.15) is 36.6 Å². The number of hydrogen-bond acceptors (Lipinski definition) is 2. The molecule has 2 aliphatic rings. The fraction of sp³-hybridized carbons (Fsp3) is 0.346. The van der Waals surface area contributed by atoms with E-state index in [4.69, 9.17) is 11.6 Å². The third kappa shape index (κ3) is 3.18. The van der Waals surface area contributed by atoms with Gasteiger partial charge in [0, 0.05) is 42.2 Å². The highest BCUT2D eigenvalue weighted by molar-refractivity contribution is 6.31. The third-order valence-electron chi connectivity index (χ3n) is 7.13. The maximum Gasteiger partial charge on any atom is 0.321 e. The molecule has 0 radical (unpaired) electrons. The predicted octanol–water partition coefficient (Wildman–Crippen LogP) is 6.11. The van der Waals surface area contributed by atoms with Crippen molar-refractivity contribution in [2.24, 2.45) is 0 Å². The van der Waals surface area contributed by atoms with Gasteiger partial charge in [0.15, 0.2) is 0 Å². The number of hydrogen-bond donors (Lipinski definition) is 1. The summed E-state index contributed by atoms with van der Waals surface area (Å²) in [4.78, 5) is 17.5. The van der Waals surface area contributed by atoms with Gasteiger partial charge >= 0.3 is 6.03 Å². The smallest absolute Gasteiger partial charge is 0.321 e. The number of piperidine rings is 1. The Morgan fingerprint density at radius 3 is 2.59 bits per heavy atom. The van der Waals surface area contributed by atoms with Crippen molar-refractivity contribution in [3.8, 4) is 5.69 Å². The average Bonchev–Trinajstić information content (AvgIpc) is 3.28. The number of nitrogens with one attached hydrogen (secondary N) is 1. The van der Waals surface area contributed by atoms with E-state index in [9.17, 15) is 4.79 Å². The largest absolute Gasteiger partial charge is 0.359 e. The normalized spacial score (nSPS) is 16.6. The molecule has 0 aliphatic carbocycles. The van der Waals surface area contributed by atoms with Crippen LogP contribution < -0.4 is 10.2 Å². The third-order valence-corrected chi connectivity index (χ3v) is 7.54. The molecule has 2 aromatic carbocycles. The van der Waals surface area contributed by atoms with Gasteiger partial charge in [0.25, 0.3) is 0 Å². The SMILES string of the molecule is CCN1c2cc(C)ccc2-n2cccc2C12CCN(C(=O)Nc1cccc(Cl)c1C)CC2. The highest BCUT2D eigenvalue weighted by atomic mass is 35.5. The lowest BCUT2D eigenvalue weighted by atomic mass is 9.80. The van der Waals surface area contributed by atoms with Crippen LogP contribution in [-0.2, 0) is 5.54 Å². The van der Waals surface area contributed by atoms with Crippen LogP contribution in [0.25, 0.3) is 5.69 Å². The van der Waals surface area contributed by atoms with Crippen LogP contribution in [0.15, 0.2) is 54.7 Å². The van der Waals surface area contributed by atoms with Gasteiger partial charge in [-0.05, 0) is 81.1 Å². The number of nitrogens with zero attached hydrogens (tertiary/aromatic N) is 3. The summed E-state index contributed by atoms with van der Waals surface area (Å²) in [6, 6.07) is 16.6. The molecular weight excluding hydrogens is 420 g/mol. The fourth-order valence-electron chi connectivity index (χ4n) is 5.41. The minimum absolute atomic E-state index is 0.0595. The molecule has 32 heavy (non-hydrogen) atoms. The van der Waals surface area contributed by atoms with Crippen molar-refractivity contribution in [1.29, 1.82) is 0 Å². The van der Waals surface area contributed by atoms with Gasteiger partial charge in [0.1, 0.15) is 0 Å². The Kier molecular flexibility index (Phi) is 5.17. The fourth-order valence-corrected chi connectivity index (χ4v) is 5.58. The van der Waals surface area contributed by atoms with Crippen LogP contribution in [-0.4, -0.2) is 35.1 Å². The van der Waals surface area contributed by atoms with Crippen molar-refractivity contribution in [2.75, 3.05) is 29.9 Å². The predicted molar refractivity (Wildman–Crippen MR) is 131 cm³/mol. The van der Waals surface area contributed by atoms with E-state index in [1.807, 2.05) is 30.0 Å². The van der Waals surface area contributed by atoms with Crippen LogP contribution in [0, 0.1) is 13.8 Å². The van der Waals surface area contributed by atoms with Gasteiger partial charge in [-0.15, -0.1) is 0 Å². The Morgan fingerprint density at radius 1 is 1.06 bits per heavy atom. The molecule has 1 spiro atoms. The summed E-state index contributed by atoms with van der Waals surface area (Å²) in [5.74, 6) is 0. The second-order valence-corrected chi connectivity index (χ2v) is 9.27. The van der Waals surface area contributed by atoms with Crippen molar-refractivity contribution in [3.05, 3.63) is 76.6 Å². The van der Waals surface area contributed by atoms with Crippen LogP contribution >= 0.6 is 11.6 Å². The van der Waals surface area contributed by atoms with E-state index in [-0.39, 0.29) is 11.6 Å². The second kappa shape index (κ2) is 7.89. The Hall–Kier alpha value is -2.92. The molecule has 166 valence electrons. The number of halogens is 1. The van der Waals surface area contributed by atoms with E-state index in [1.54, 1.807) is 0 Å². The molecular formula is C26H29ClN4O. The van der Waals surface area contributed by atoms with Gasteiger partial charge in [-0.2, -0.15) is 0 Å². The molecule has 5 rings (SSSR count). The maximum atomic E-state index is 13.0. The molecule has 6 heteroatoms. The Balaban J connectivity index is 1.42. The quantitative estimate of drug-likeness (QED) is 0.513. The Morgan fingerprint density at radius 2 is 1.84 bits per heavy atom. The van der Waals surface area contributed by atoms with E-state index in [1.165, 1.54) is 22.6 Å². The number of aromatic nitrogens is 1. The number of benzene rings is 2. The first kappa shape index (κ1) is 21.0. The maximum absolute atomic E-state index is 13.0. The number of anilines is 2. The minimum Gasteiger partial charge on any atom is -0.359 e. The first-order valence-corrected chi connectivity index (χ1v) is 11.7. The number of fused-ring (bicyclic) bond motifs is 4. The van der Waals surface area contributed by atoms with Gasteiger partial charge in [0.05, 0.1) is 16.9 Å². The summed E-state index contributed by atoms with van der Waals surface area (Å²) < 4.78 is 2.34. The molecule has 1 N–H and O–H groups in total. The lowest BCUT2D eigenvalue weighted by molar-refractivity contribution is 0.160. The summed E-state index contributed by atoms with van der Waals surface area (Å²) in [6.07, 6.45) is 3.94. The number of likely N-dealkylation sites (tertiary alicyclic amines) is 1. The zero-order valence-corrected chi connectivity index (χ0v) is 19.6. The number of urea groups is 1. The molecule has 2 amide bonds. The molecule has 1 saturated heterocycles. The monoisotopic (exact) mass is 448 g/mol. The number of carbonyl (C=O) groups is 1. The standard InChI is InChI=1S/C26H29ClN4O/c1-4-31-23-17-18(2)10-11-22(23)30-14-6-9-24(30)26(31)12-15-29(16-13-26)25(32)28-21-8-5-7-20(27)19(21)3/h5-11,14,17H,4,12-13,15-16H2,1-3H3,(H,28,32). The highest BCUT2D eigenvalue weighted by Gasteiger charge is 2.46. The number of rotatable bonds is 2. The Labute approximate surface area is 194 Å². The minimum atomic E-state index is -0.109. The van der Waals surface area contributed by atoms with Crippen molar-refractivity contribution in [3.63, 3.8) is 0 Å². The Bertz CT molecular complexity index is 1180. The number of carbonyl (C=O) groups excluding carboxylic acids is 1. The van der Waals surface area contributed by atoms with Crippen molar-refractivity contribution in [1.82, 2.24) is 9.47 Å². The molecule has 1 aromatic heterocycles. The molecule has 5 nitrogen and oxygen atoms in total. The highest BCUT2D eigenvalue weighted by Crippen LogP contribution is 2.48. The summed E-state index contributed by atoms with van der Waals surface area (Å²) in [5.41, 5.74) is 6.66. The van der Waals surface area contributed by atoms with E-state index in [2.05, 4.69) is 65.2 Å². The van der Waals surface area contributed by atoms with Gasteiger partial charge in [-0.1, -0.05) is 23.7 Å². The van der Waals surface area contributed by atoms with Gasteiger partial charge < -0.3 is 19.7 Å². The summed E-state index contributed by atoms with van der Waals surface area (Å²) >= 11 is 6.23. The van der Waals surface area contributed by atoms with E-state index < -0.39 is 0 Å². The molecule has 0 bridgehead atoms. The van der Waals surface area contributed by atoms with Gasteiger partial charge in [-0.25, -0.2) is 4.79 Å². The average molecular weight is 449 g/mol. The molecule has 0 unspecified atom stereocenters. The molecule has 2 aliphatic heterocycles. The number of aryl methyl sites for hydroxylation is 1. The molecule has 1 fully saturated rings. The number of amides is 2. The van der Waals surface area contributed by atoms with E-state index in [0.29, 0.717) is 18.1 Å². The van der Waals surface area contributed by atoms with Crippen LogP contribution in [0.2, 0.25) is 5.02 Å². The summed E-state index contributed by atoms with van der Waals surface area (Å²) in [7, 11) is 0. The topological polar surface area (TPSA) is 40.5 Å². The van der Waals surface area contributed by atoms with E-state index in [0.717, 1.165) is 30.6 Å². The lowest BCUT2D eigenvalue weighted by Gasteiger charge is -2.53. The molecule has 0 atom stereocenters. The van der Waals surface area contributed by atoms with Crippen LogP contribution in [0.5, 0.6) is 0 Å². The molecule has 3 aromatic rings. The second-order valence-electron chi connectivity index (χ2n) is 8.86. The first-order valence-electron chi connectivity index (χ1n) is 11.3. The lowest BCUT2D eigenvalue weighted by Crippen LogP contribution is -2.57. The van der Waals surface area contributed by atoms with Crippen molar-refractivity contribution in [2.45, 2.75) is 39.2 Å². The van der Waals surface area contributed by atoms with Gasteiger partial charge in [-0.3, -0.25) is 0 Å². The van der Waals surface area contributed by atoms with Crippen LogP contribution in [0.4, 0.5) is 16.2 Å². The molecule has 3 heterocycles. The zero-order chi connectivity index (χ0) is 22.5. The summed E-state index contributed by atoms with van der Waals surface area (Å²) in [5, 5.41) is 3.72. The first-order chi connectivity index (χ1) is 15.4. The van der Waals surface area contributed by atoms with E-state index >= 15 is 0 Å². The van der Waals surface area contributed by atoms with Gasteiger partial charge in [0.2, 0.25) is 0 Å².